The first-order valence-electron chi connectivity index (χ1n) is 8.96. The summed E-state index contributed by atoms with van der Waals surface area (Å²) in [6.45, 7) is 5.79. The van der Waals surface area contributed by atoms with Crippen LogP contribution < -0.4 is 15.4 Å². The first-order chi connectivity index (χ1) is 13.3. The van der Waals surface area contributed by atoms with E-state index in [4.69, 9.17) is 26.3 Å². The number of nitrogens with one attached hydrogen (secondary N) is 2. The second-order valence-corrected chi connectivity index (χ2v) is 7.40. The van der Waals surface area contributed by atoms with Crippen molar-refractivity contribution in [3.63, 3.8) is 0 Å². The lowest BCUT2D eigenvalue weighted by molar-refractivity contribution is -0.142. The summed E-state index contributed by atoms with van der Waals surface area (Å²) in [6, 6.07) is 8.88. The van der Waals surface area contributed by atoms with Crippen LogP contribution in [-0.4, -0.2) is 37.2 Å². The zero-order valence-electron chi connectivity index (χ0n) is 15.8. The topological polar surface area (TPSA) is 100 Å². The Morgan fingerprint density at radius 3 is 2.61 bits per heavy atom. The van der Waals surface area contributed by atoms with E-state index < -0.39 is 0 Å². The second-order valence-electron chi connectivity index (χ2n) is 6.97. The summed E-state index contributed by atoms with van der Waals surface area (Å²) in [7, 11) is 0. The number of nitriles is 1. The van der Waals surface area contributed by atoms with Gasteiger partial charge in [-0.3, -0.25) is 9.59 Å². The van der Waals surface area contributed by atoms with Crippen molar-refractivity contribution in [1.82, 2.24) is 10.6 Å². The molecule has 0 spiro atoms. The van der Waals surface area contributed by atoms with Crippen molar-refractivity contribution in [2.75, 3.05) is 19.8 Å². The number of ether oxygens (including phenoxy) is 2. The molecule has 0 bridgehead atoms. The molecule has 1 fully saturated rings. The molecule has 1 aromatic carbocycles. The second kappa shape index (κ2) is 10.1. The van der Waals surface area contributed by atoms with Gasteiger partial charge in [-0.05, 0) is 44.0 Å². The average Bonchev–Trinajstić information content (AvgIpc) is 2.63. The van der Waals surface area contributed by atoms with Gasteiger partial charge in [0, 0.05) is 23.7 Å². The largest absolute Gasteiger partial charge is 0.484 e. The molecule has 8 heteroatoms. The summed E-state index contributed by atoms with van der Waals surface area (Å²) < 4.78 is 10.9. The highest BCUT2D eigenvalue weighted by atomic mass is 35.5. The molecule has 0 aromatic heterocycles. The Labute approximate surface area is 169 Å². The third-order valence-electron chi connectivity index (χ3n) is 4.34. The van der Waals surface area contributed by atoms with Gasteiger partial charge in [-0.2, -0.15) is 5.26 Å². The average molecular weight is 406 g/mol. The zero-order valence-corrected chi connectivity index (χ0v) is 16.6. The first kappa shape index (κ1) is 21.7. The van der Waals surface area contributed by atoms with Crippen LogP contribution in [0.25, 0.3) is 0 Å². The van der Waals surface area contributed by atoms with E-state index in [1.54, 1.807) is 24.3 Å². The predicted molar refractivity (Wildman–Crippen MR) is 105 cm³/mol. The van der Waals surface area contributed by atoms with E-state index in [-0.39, 0.29) is 36.5 Å². The van der Waals surface area contributed by atoms with Gasteiger partial charge in [0.05, 0.1) is 17.6 Å². The number of carbonyl (C=O) groups is 2. The first-order valence-corrected chi connectivity index (χ1v) is 9.34. The molecule has 0 heterocycles. The molecule has 0 unspecified atom stereocenters. The SMILES string of the molecule is C=C(CCNC(=O)COC1(C)CC(C#N)C1)NC(=O)COc1ccc(Cl)cc1. The number of benzene rings is 1. The van der Waals surface area contributed by atoms with E-state index in [0.717, 1.165) is 0 Å². The molecule has 150 valence electrons. The van der Waals surface area contributed by atoms with E-state index >= 15 is 0 Å². The smallest absolute Gasteiger partial charge is 0.262 e. The van der Waals surface area contributed by atoms with Crippen molar-refractivity contribution in [3.05, 3.63) is 41.6 Å². The van der Waals surface area contributed by atoms with E-state index in [0.29, 0.717) is 42.3 Å². The lowest BCUT2D eigenvalue weighted by Crippen LogP contribution is -2.45. The van der Waals surface area contributed by atoms with Crippen molar-refractivity contribution >= 4 is 23.4 Å². The molecule has 1 aliphatic rings. The number of amides is 2. The molecule has 28 heavy (non-hydrogen) atoms. The van der Waals surface area contributed by atoms with Crippen molar-refractivity contribution in [3.8, 4) is 11.8 Å². The molecule has 7 nitrogen and oxygen atoms in total. The molecular weight excluding hydrogens is 382 g/mol. The third-order valence-corrected chi connectivity index (χ3v) is 4.59. The van der Waals surface area contributed by atoms with Gasteiger partial charge in [-0.15, -0.1) is 0 Å². The fourth-order valence-electron chi connectivity index (χ4n) is 2.81. The van der Waals surface area contributed by atoms with Gasteiger partial charge in [0.1, 0.15) is 12.4 Å². The van der Waals surface area contributed by atoms with E-state index in [1.807, 2.05) is 6.92 Å². The Kier molecular flexibility index (Phi) is 7.85. The van der Waals surface area contributed by atoms with Gasteiger partial charge >= 0.3 is 0 Å². The Morgan fingerprint density at radius 2 is 1.96 bits per heavy atom. The number of nitrogens with zero attached hydrogens (tertiary/aromatic N) is 1. The zero-order chi connectivity index (χ0) is 20.6. The molecule has 2 amide bonds. The maximum atomic E-state index is 11.8. The molecule has 1 saturated carbocycles. The normalized spacial score (nSPS) is 20.4. The highest BCUT2D eigenvalue weighted by Gasteiger charge is 2.41. The lowest BCUT2D eigenvalue weighted by Gasteiger charge is -2.41. The van der Waals surface area contributed by atoms with Crippen LogP contribution in [0.15, 0.2) is 36.5 Å². The molecule has 1 aliphatic carbocycles. The standard InChI is InChI=1S/C20H24ClN3O4/c1-14(24-19(26)12-27-17-5-3-16(21)4-6-17)7-8-23-18(25)13-28-20(2)9-15(10-20)11-22/h3-6,15H,1,7-10,12-13H2,2H3,(H,23,25)(H,24,26). The van der Waals surface area contributed by atoms with Crippen LogP contribution in [-0.2, 0) is 14.3 Å². The molecule has 2 rings (SSSR count). The quantitative estimate of drug-likeness (QED) is 0.623. The molecular formula is C20H24ClN3O4. The van der Waals surface area contributed by atoms with Crippen LogP contribution in [0.3, 0.4) is 0 Å². The van der Waals surface area contributed by atoms with Crippen LogP contribution in [0.1, 0.15) is 26.2 Å². The highest BCUT2D eigenvalue weighted by molar-refractivity contribution is 6.30. The van der Waals surface area contributed by atoms with Gasteiger partial charge in [0.15, 0.2) is 6.61 Å². The Morgan fingerprint density at radius 1 is 1.29 bits per heavy atom. The Hall–Kier alpha value is -2.56. The molecule has 0 radical (unpaired) electrons. The fraction of sp³-hybridized carbons (Fsp3) is 0.450. The number of hydrogen-bond donors (Lipinski definition) is 2. The lowest BCUT2D eigenvalue weighted by atomic mass is 9.73. The summed E-state index contributed by atoms with van der Waals surface area (Å²) in [5.41, 5.74) is 0.0908. The van der Waals surface area contributed by atoms with Crippen molar-refractivity contribution in [2.24, 2.45) is 5.92 Å². The van der Waals surface area contributed by atoms with Gasteiger partial charge in [0.25, 0.3) is 5.91 Å². The molecule has 0 atom stereocenters. The molecule has 2 N–H and O–H groups in total. The van der Waals surface area contributed by atoms with E-state index in [2.05, 4.69) is 23.3 Å². The Balaban J connectivity index is 1.55. The number of carbonyl (C=O) groups excluding carboxylic acids is 2. The molecule has 0 saturated heterocycles. The van der Waals surface area contributed by atoms with Crippen LogP contribution in [0, 0.1) is 17.2 Å². The summed E-state index contributed by atoms with van der Waals surface area (Å²) in [4.78, 5) is 23.7. The van der Waals surface area contributed by atoms with Gasteiger partial charge in [0.2, 0.25) is 5.91 Å². The van der Waals surface area contributed by atoms with Gasteiger partial charge in [-0.25, -0.2) is 0 Å². The summed E-state index contributed by atoms with van der Waals surface area (Å²) >= 11 is 5.78. The van der Waals surface area contributed by atoms with Crippen LogP contribution in [0.5, 0.6) is 5.75 Å². The minimum absolute atomic E-state index is 0.0173. The Bertz CT molecular complexity index is 752. The van der Waals surface area contributed by atoms with Crippen molar-refractivity contribution in [1.29, 1.82) is 5.26 Å². The molecule has 1 aromatic rings. The van der Waals surface area contributed by atoms with E-state index in [9.17, 15) is 9.59 Å². The number of rotatable bonds is 10. The number of hydrogen-bond acceptors (Lipinski definition) is 5. The minimum atomic E-state index is -0.389. The fourth-order valence-corrected chi connectivity index (χ4v) is 2.94. The van der Waals surface area contributed by atoms with E-state index in [1.165, 1.54) is 0 Å². The maximum Gasteiger partial charge on any atom is 0.262 e. The number of halogens is 1. The molecule has 0 aliphatic heterocycles. The minimum Gasteiger partial charge on any atom is -0.484 e. The van der Waals surface area contributed by atoms with Crippen LogP contribution >= 0.6 is 11.6 Å². The maximum absolute atomic E-state index is 11.8. The monoisotopic (exact) mass is 405 g/mol. The predicted octanol–water partition coefficient (Wildman–Crippen LogP) is 2.56. The van der Waals surface area contributed by atoms with Crippen molar-refractivity contribution < 1.29 is 19.1 Å². The van der Waals surface area contributed by atoms with Gasteiger partial charge in [-0.1, -0.05) is 18.2 Å². The third kappa shape index (κ3) is 7.22. The summed E-state index contributed by atoms with van der Waals surface area (Å²) in [5.74, 6) is -0.0197. The van der Waals surface area contributed by atoms with Crippen LogP contribution in [0.2, 0.25) is 5.02 Å². The highest BCUT2D eigenvalue weighted by Crippen LogP contribution is 2.39. The summed E-state index contributed by atoms with van der Waals surface area (Å²) in [5, 5.41) is 14.7. The summed E-state index contributed by atoms with van der Waals surface area (Å²) in [6.07, 6.45) is 1.70. The van der Waals surface area contributed by atoms with Gasteiger partial charge < -0.3 is 20.1 Å². The van der Waals surface area contributed by atoms with Crippen LogP contribution in [0.4, 0.5) is 0 Å². The van der Waals surface area contributed by atoms with Crippen molar-refractivity contribution in [2.45, 2.75) is 31.8 Å².